The average molecular weight is 328 g/mol. The van der Waals surface area contributed by atoms with E-state index in [1.165, 1.54) is 11.3 Å². The van der Waals surface area contributed by atoms with Gasteiger partial charge in [-0.15, -0.1) is 16.1 Å². The average Bonchev–Trinajstić information content (AvgIpc) is 2.92. The third-order valence-electron chi connectivity index (χ3n) is 3.37. The normalized spacial score (nSPS) is 21.3. The Morgan fingerprint density at radius 3 is 2.18 bits per heavy atom. The van der Waals surface area contributed by atoms with Crippen LogP contribution in [-0.2, 0) is 9.47 Å². The van der Waals surface area contributed by atoms with Gasteiger partial charge in [-0.25, -0.2) is 0 Å². The van der Waals surface area contributed by atoms with E-state index in [9.17, 15) is 10.4 Å². The summed E-state index contributed by atoms with van der Waals surface area (Å²) >= 11 is 1.44. The van der Waals surface area contributed by atoms with Gasteiger partial charge in [-0.2, -0.15) is 0 Å². The van der Waals surface area contributed by atoms with Crippen LogP contribution in [0.1, 0.15) is 46.4 Å². The molecule has 1 aliphatic heterocycles. The summed E-state index contributed by atoms with van der Waals surface area (Å²) in [6.07, 6.45) is -0.605. The van der Waals surface area contributed by atoms with Crippen molar-refractivity contribution in [3.63, 3.8) is 0 Å². The van der Waals surface area contributed by atoms with Gasteiger partial charge in [-0.05, 0) is 53.0 Å². The number of hydrogen-bond donors (Lipinski definition) is 1. The first-order valence-electron chi connectivity index (χ1n) is 7.36. The second kappa shape index (κ2) is 5.90. The quantitative estimate of drug-likeness (QED) is 0.511. The zero-order valence-corrected chi connectivity index (χ0v) is 14.7. The maximum atomic E-state index is 13.1. The molecule has 22 heavy (non-hydrogen) atoms. The highest BCUT2D eigenvalue weighted by Crippen LogP contribution is 2.39. The third kappa shape index (κ3) is 2.68. The number of hydroxylamine groups is 3. The van der Waals surface area contributed by atoms with Crippen molar-refractivity contribution in [1.29, 1.82) is 0 Å². The van der Waals surface area contributed by atoms with E-state index in [2.05, 4.69) is 0 Å². The van der Waals surface area contributed by atoms with E-state index in [0.29, 0.717) is 10.5 Å². The topological polar surface area (TPSA) is 68.0 Å². The molecule has 0 bridgehead atoms. The molecule has 2 heterocycles. The van der Waals surface area contributed by atoms with Gasteiger partial charge in [0.2, 0.25) is 5.71 Å². The number of nitrogens with zero attached hydrogens (tertiary/aromatic N) is 2. The van der Waals surface area contributed by atoms with E-state index in [0.717, 1.165) is 9.94 Å². The van der Waals surface area contributed by atoms with E-state index < -0.39 is 11.6 Å². The highest BCUT2D eigenvalue weighted by Gasteiger charge is 2.66. The molecule has 7 heteroatoms. The molecule has 124 valence electrons. The van der Waals surface area contributed by atoms with Gasteiger partial charge in [0, 0.05) is 0 Å². The first kappa shape index (κ1) is 17.4. The van der Waals surface area contributed by atoms with Crippen LogP contribution in [0.3, 0.4) is 0 Å². The molecule has 0 spiro atoms. The number of rotatable bonds is 5. The molecule has 1 N–H and O–H groups in total. The Balaban J connectivity index is 2.62. The molecule has 0 fully saturated rings. The fraction of sp³-hybridized carbons (Fsp3) is 0.667. The zero-order valence-electron chi connectivity index (χ0n) is 13.9. The van der Waals surface area contributed by atoms with E-state index in [-0.39, 0.29) is 12.2 Å². The lowest BCUT2D eigenvalue weighted by molar-refractivity contribution is -0.729. The molecule has 0 saturated heterocycles. The second-order valence-electron chi connectivity index (χ2n) is 6.37. The van der Waals surface area contributed by atoms with Gasteiger partial charge in [0.1, 0.15) is 5.54 Å². The van der Waals surface area contributed by atoms with Crippen LogP contribution < -0.4 is 0 Å². The molecule has 0 saturated carbocycles. The van der Waals surface area contributed by atoms with Crippen molar-refractivity contribution in [2.75, 3.05) is 0 Å². The predicted octanol–water partition coefficient (Wildman–Crippen LogP) is 2.99. The van der Waals surface area contributed by atoms with Gasteiger partial charge >= 0.3 is 6.03 Å². The fourth-order valence-electron chi connectivity index (χ4n) is 2.58. The molecule has 0 atom stereocenters. The lowest BCUT2D eigenvalue weighted by atomic mass is 9.98. The molecule has 1 aromatic rings. The summed E-state index contributed by atoms with van der Waals surface area (Å²) in [7, 11) is 0. The van der Waals surface area contributed by atoms with Crippen LogP contribution in [0.5, 0.6) is 0 Å². The van der Waals surface area contributed by atoms with Crippen molar-refractivity contribution in [2.45, 2.75) is 65.3 Å². The van der Waals surface area contributed by atoms with Gasteiger partial charge < -0.3 is 10.4 Å². The van der Waals surface area contributed by atoms with Crippen molar-refractivity contribution in [1.82, 2.24) is 5.06 Å². The highest BCUT2D eigenvalue weighted by molar-refractivity contribution is 7.12. The van der Waals surface area contributed by atoms with Crippen LogP contribution in [0.2, 0.25) is 0 Å². The van der Waals surface area contributed by atoms with Crippen LogP contribution in [-0.4, -0.2) is 44.5 Å². The van der Waals surface area contributed by atoms with Crippen molar-refractivity contribution in [3.8, 4) is 0 Å². The Morgan fingerprint density at radius 1 is 1.23 bits per heavy atom. The molecule has 6 nitrogen and oxygen atoms in total. The van der Waals surface area contributed by atoms with Gasteiger partial charge in [-0.3, -0.25) is 9.47 Å². The van der Waals surface area contributed by atoms with Crippen molar-refractivity contribution in [2.24, 2.45) is 0 Å². The fourth-order valence-corrected chi connectivity index (χ4v) is 3.49. The summed E-state index contributed by atoms with van der Waals surface area (Å²) in [6, 6.07) is 1.83. The summed E-state index contributed by atoms with van der Waals surface area (Å²) in [5.74, 6) is 0. The minimum Gasteiger partial charge on any atom is -0.618 e. The monoisotopic (exact) mass is 328 g/mol. The van der Waals surface area contributed by atoms with E-state index in [1.54, 1.807) is 41.5 Å². The summed E-state index contributed by atoms with van der Waals surface area (Å²) in [6.45, 7) is 10.7. The molecular weight excluding hydrogens is 304 g/mol. The lowest BCUT2D eigenvalue weighted by Gasteiger charge is -2.35. The molecule has 1 aromatic heterocycles. The molecule has 0 radical (unpaired) electrons. The number of hydrogen-bond acceptors (Lipinski definition) is 6. The van der Waals surface area contributed by atoms with Gasteiger partial charge in [-0.1, -0.05) is 11.1 Å². The summed E-state index contributed by atoms with van der Waals surface area (Å²) in [5, 5.41) is 26.6. The van der Waals surface area contributed by atoms with Crippen molar-refractivity contribution >= 4 is 17.0 Å². The second-order valence-corrected chi connectivity index (χ2v) is 7.32. The van der Waals surface area contributed by atoms with Crippen LogP contribution in [0, 0.1) is 5.21 Å². The van der Waals surface area contributed by atoms with Crippen molar-refractivity contribution in [3.05, 3.63) is 27.6 Å². The Kier molecular flexibility index (Phi) is 4.66. The summed E-state index contributed by atoms with van der Waals surface area (Å²) in [5.41, 5.74) is -0.526. The molecule has 1 aliphatic rings. The van der Waals surface area contributed by atoms with E-state index >= 15 is 0 Å². The largest absolute Gasteiger partial charge is 0.618 e. The van der Waals surface area contributed by atoms with Crippen LogP contribution in [0.15, 0.2) is 17.5 Å². The molecule has 0 aromatic carbocycles. The van der Waals surface area contributed by atoms with Gasteiger partial charge in [0.25, 0.3) is 0 Å². The summed E-state index contributed by atoms with van der Waals surface area (Å²) in [4.78, 5) is 0.778. The maximum absolute atomic E-state index is 13.1. The lowest BCUT2D eigenvalue weighted by Crippen LogP contribution is -2.60. The molecular formula is C15H24N2O4S. The standard InChI is InChI=1S/C15H24N2O4S/c1-10(2)20-15(21-11(3)4)16(18)13(12-8-7-9-22-12)14(5,6)17(15)19/h7-11,19H,1-6H3. The van der Waals surface area contributed by atoms with Crippen LogP contribution >= 0.6 is 11.3 Å². The smallest absolute Gasteiger partial charge is 0.493 e. The minimum absolute atomic E-state index is 0.302. The van der Waals surface area contributed by atoms with Gasteiger partial charge in [0.15, 0.2) is 0 Å². The summed E-state index contributed by atoms with van der Waals surface area (Å²) < 4.78 is 12.1. The number of thiophene rings is 1. The Labute approximate surface area is 135 Å². The molecule has 0 aliphatic carbocycles. The molecule has 2 rings (SSSR count). The van der Waals surface area contributed by atoms with Crippen LogP contribution in [0.4, 0.5) is 0 Å². The Bertz CT molecular complexity index is 542. The third-order valence-corrected chi connectivity index (χ3v) is 4.25. The Hall–Kier alpha value is -0.990. The highest BCUT2D eigenvalue weighted by atomic mass is 32.1. The van der Waals surface area contributed by atoms with Crippen molar-refractivity contribution < 1.29 is 19.4 Å². The van der Waals surface area contributed by atoms with E-state index in [1.807, 2.05) is 17.5 Å². The Morgan fingerprint density at radius 2 is 1.77 bits per heavy atom. The maximum Gasteiger partial charge on any atom is 0.493 e. The zero-order chi connectivity index (χ0) is 16.7. The van der Waals surface area contributed by atoms with Gasteiger partial charge in [0.05, 0.1) is 17.1 Å². The minimum atomic E-state index is -1.88. The molecule has 0 amide bonds. The predicted molar refractivity (Wildman–Crippen MR) is 84.9 cm³/mol. The first-order valence-corrected chi connectivity index (χ1v) is 8.24. The molecule has 0 unspecified atom stereocenters. The van der Waals surface area contributed by atoms with Crippen LogP contribution in [0.25, 0.3) is 0 Å². The van der Waals surface area contributed by atoms with E-state index in [4.69, 9.17) is 9.47 Å². The SMILES string of the molecule is CC(C)OC1(OC(C)C)N(O)C(C)(C)C(c2cccs2)=[N+]1[O-]. The first-order chi connectivity index (χ1) is 10.1. The number of ether oxygens (including phenoxy) is 2.